The van der Waals surface area contributed by atoms with Gasteiger partial charge >= 0.3 is 0 Å². The first-order valence-electron chi connectivity index (χ1n) is 7.16. The first kappa shape index (κ1) is 19.8. The molecular formula is C16H30N2O. The van der Waals surface area contributed by atoms with Crippen LogP contribution in [-0.4, -0.2) is 26.9 Å². The van der Waals surface area contributed by atoms with E-state index in [1.807, 2.05) is 45.9 Å². The van der Waals surface area contributed by atoms with Gasteiger partial charge in [-0.2, -0.15) is 0 Å². The van der Waals surface area contributed by atoms with Crippen LogP contribution in [-0.2, 0) is 0 Å². The number of anilines is 1. The molecule has 1 aromatic rings. The molecule has 3 heteroatoms. The Morgan fingerprint density at radius 2 is 1.63 bits per heavy atom. The summed E-state index contributed by atoms with van der Waals surface area (Å²) in [6.45, 7) is 17.8. The van der Waals surface area contributed by atoms with Crippen molar-refractivity contribution in [3.05, 3.63) is 18.2 Å². The van der Waals surface area contributed by atoms with Gasteiger partial charge < -0.3 is 9.64 Å². The highest BCUT2D eigenvalue weighted by molar-refractivity contribution is 5.63. The Morgan fingerprint density at radius 1 is 1.11 bits per heavy atom. The van der Waals surface area contributed by atoms with Crippen molar-refractivity contribution in [2.75, 3.05) is 25.1 Å². The Balaban J connectivity index is 0. The van der Waals surface area contributed by atoms with Gasteiger partial charge in [0.25, 0.3) is 0 Å². The number of benzene rings is 1. The van der Waals surface area contributed by atoms with Gasteiger partial charge in [0, 0.05) is 24.8 Å². The van der Waals surface area contributed by atoms with Crippen LogP contribution < -0.4 is 9.64 Å². The van der Waals surface area contributed by atoms with E-state index in [9.17, 15) is 0 Å². The maximum atomic E-state index is 5.26. The maximum Gasteiger partial charge on any atom is 0.146 e. The molecule has 19 heavy (non-hydrogen) atoms. The highest BCUT2D eigenvalue weighted by Crippen LogP contribution is 2.31. The van der Waals surface area contributed by atoms with Gasteiger partial charge in [0.05, 0.1) is 7.11 Å². The minimum atomic E-state index is 0.773. The van der Waals surface area contributed by atoms with Crippen LogP contribution in [0.3, 0.4) is 0 Å². The summed E-state index contributed by atoms with van der Waals surface area (Å²) in [5.41, 5.74) is 1.94. The van der Waals surface area contributed by atoms with E-state index >= 15 is 0 Å². The van der Waals surface area contributed by atoms with Crippen molar-refractivity contribution in [3.8, 4) is 5.75 Å². The van der Waals surface area contributed by atoms with Crippen LogP contribution in [0.1, 0.15) is 41.5 Å². The summed E-state index contributed by atoms with van der Waals surface area (Å²) in [5.74, 6) is 0.773. The maximum absolute atomic E-state index is 5.26. The second-order valence-corrected chi connectivity index (χ2v) is 3.19. The average molecular weight is 266 g/mol. The van der Waals surface area contributed by atoms with E-state index in [0.29, 0.717) is 0 Å². The van der Waals surface area contributed by atoms with E-state index < -0.39 is 0 Å². The Labute approximate surface area is 119 Å². The lowest BCUT2D eigenvalue weighted by molar-refractivity contribution is 0.416. The highest BCUT2D eigenvalue weighted by atomic mass is 16.5. The second kappa shape index (κ2) is 12.9. The van der Waals surface area contributed by atoms with Crippen molar-refractivity contribution in [2.24, 2.45) is 4.99 Å². The zero-order chi connectivity index (χ0) is 15.3. The lowest BCUT2D eigenvalue weighted by atomic mass is 10.2. The van der Waals surface area contributed by atoms with Crippen molar-refractivity contribution in [2.45, 2.75) is 41.5 Å². The zero-order valence-electron chi connectivity index (χ0n) is 13.7. The predicted octanol–water partition coefficient (Wildman–Crippen LogP) is 4.93. The van der Waals surface area contributed by atoms with Crippen molar-refractivity contribution >= 4 is 18.1 Å². The first-order chi connectivity index (χ1) is 9.26. The Kier molecular flexibility index (Phi) is 13.5. The summed E-state index contributed by atoms with van der Waals surface area (Å²) in [6.07, 6.45) is 0. The molecule has 1 aromatic carbocycles. The third-order valence-electron chi connectivity index (χ3n) is 2.46. The molecule has 0 heterocycles. The number of ether oxygens (including phenoxy) is 1. The molecule has 0 fully saturated rings. The van der Waals surface area contributed by atoms with E-state index in [4.69, 9.17) is 4.74 Å². The lowest BCUT2D eigenvalue weighted by Crippen LogP contribution is -2.21. The second-order valence-electron chi connectivity index (χ2n) is 3.19. The molecule has 0 aliphatic carbocycles. The molecule has 0 bridgehead atoms. The molecular weight excluding hydrogens is 236 g/mol. The van der Waals surface area contributed by atoms with Gasteiger partial charge in [-0.05, 0) is 32.7 Å². The highest BCUT2D eigenvalue weighted by Gasteiger charge is 2.06. The van der Waals surface area contributed by atoms with Gasteiger partial charge in [0.1, 0.15) is 11.4 Å². The number of methoxy groups -OCH3 is 1. The summed E-state index contributed by atoms with van der Waals surface area (Å²) in [7, 11) is 1.65. The molecule has 0 radical (unpaired) electrons. The van der Waals surface area contributed by atoms with Crippen molar-refractivity contribution < 1.29 is 4.74 Å². The third-order valence-corrected chi connectivity index (χ3v) is 2.46. The van der Waals surface area contributed by atoms with Gasteiger partial charge in [-0.1, -0.05) is 27.7 Å². The Hall–Kier alpha value is -1.51. The molecule has 1 rings (SSSR count). The van der Waals surface area contributed by atoms with Crippen LogP contribution in [0, 0.1) is 0 Å². The number of hydrogen-bond donors (Lipinski definition) is 0. The molecule has 0 aliphatic heterocycles. The van der Waals surface area contributed by atoms with Gasteiger partial charge in [-0.15, -0.1) is 0 Å². The van der Waals surface area contributed by atoms with Crippen LogP contribution in [0.2, 0.25) is 0 Å². The molecule has 110 valence electrons. The summed E-state index contributed by atoms with van der Waals surface area (Å²) >= 11 is 0. The molecule has 0 N–H and O–H groups in total. The number of aliphatic imine (C=N–C) groups is 1. The van der Waals surface area contributed by atoms with Gasteiger partial charge in [-0.3, -0.25) is 4.99 Å². The SMILES string of the molecule is C=Nc1ccc(N(CC)CC)cc1OC.CC.CC. The molecule has 0 amide bonds. The molecule has 0 saturated heterocycles. The standard InChI is InChI=1S/C12H18N2O.2C2H6/c1-5-14(6-2)10-7-8-11(13-3)12(9-10)15-4;2*1-2/h7-9H,3,5-6H2,1-2,4H3;2*1-2H3. The zero-order valence-corrected chi connectivity index (χ0v) is 13.7. The third kappa shape index (κ3) is 6.27. The molecule has 0 aliphatic rings. The van der Waals surface area contributed by atoms with E-state index in [2.05, 4.69) is 30.5 Å². The normalized spacial score (nSPS) is 8.37. The van der Waals surface area contributed by atoms with Crippen LogP contribution >= 0.6 is 0 Å². The number of rotatable bonds is 5. The van der Waals surface area contributed by atoms with E-state index in [0.717, 1.165) is 30.2 Å². The largest absolute Gasteiger partial charge is 0.494 e. The van der Waals surface area contributed by atoms with E-state index in [1.54, 1.807) is 7.11 Å². The smallest absolute Gasteiger partial charge is 0.146 e. The summed E-state index contributed by atoms with van der Waals surface area (Å²) in [4.78, 5) is 6.16. The fraction of sp³-hybridized carbons (Fsp3) is 0.562. The lowest BCUT2D eigenvalue weighted by Gasteiger charge is -2.21. The van der Waals surface area contributed by atoms with E-state index in [1.165, 1.54) is 0 Å². The average Bonchev–Trinajstić information content (AvgIpc) is 2.52. The van der Waals surface area contributed by atoms with Crippen molar-refractivity contribution in [3.63, 3.8) is 0 Å². The Bertz CT molecular complexity index is 334. The predicted molar refractivity (Wildman–Crippen MR) is 88.5 cm³/mol. The van der Waals surface area contributed by atoms with Crippen molar-refractivity contribution in [1.29, 1.82) is 0 Å². The molecule has 0 unspecified atom stereocenters. The van der Waals surface area contributed by atoms with Crippen LogP contribution in [0.5, 0.6) is 5.75 Å². The first-order valence-corrected chi connectivity index (χ1v) is 7.16. The van der Waals surface area contributed by atoms with Crippen LogP contribution in [0.15, 0.2) is 23.2 Å². The molecule has 0 aromatic heterocycles. The molecule has 0 spiro atoms. The topological polar surface area (TPSA) is 24.8 Å². The quantitative estimate of drug-likeness (QED) is 0.706. The number of nitrogens with zero attached hydrogens (tertiary/aromatic N) is 2. The monoisotopic (exact) mass is 266 g/mol. The fourth-order valence-electron chi connectivity index (χ4n) is 1.58. The summed E-state index contributed by atoms with van der Waals surface area (Å²) < 4.78 is 5.26. The number of hydrogen-bond acceptors (Lipinski definition) is 3. The van der Waals surface area contributed by atoms with Gasteiger partial charge in [0.15, 0.2) is 0 Å². The minimum Gasteiger partial charge on any atom is -0.494 e. The minimum absolute atomic E-state index is 0.773. The summed E-state index contributed by atoms with van der Waals surface area (Å²) in [5, 5.41) is 0. The molecule has 0 atom stereocenters. The Morgan fingerprint density at radius 3 is 2.00 bits per heavy atom. The summed E-state index contributed by atoms with van der Waals surface area (Å²) in [6, 6.07) is 5.97. The fourth-order valence-corrected chi connectivity index (χ4v) is 1.58. The van der Waals surface area contributed by atoms with Gasteiger partial charge in [-0.25, -0.2) is 0 Å². The van der Waals surface area contributed by atoms with Crippen LogP contribution in [0.25, 0.3) is 0 Å². The van der Waals surface area contributed by atoms with Crippen molar-refractivity contribution in [1.82, 2.24) is 0 Å². The molecule has 3 nitrogen and oxygen atoms in total. The van der Waals surface area contributed by atoms with Gasteiger partial charge in [0.2, 0.25) is 0 Å². The van der Waals surface area contributed by atoms with Crippen LogP contribution in [0.4, 0.5) is 11.4 Å². The molecule has 0 saturated carbocycles. The van der Waals surface area contributed by atoms with E-state index in [-0.39, 0.29) is 0 Å².